The summed E-state index contributed by atoms with van der Waals surface area (Å²) < 4.78 is 12.0. The summed E-state index contributed by atoms with van der Waals surface area (Å²) in [5.74, 6) is -1.42. The number of carbonyl (C=O) groups is 2. The van der Waals surface area contributed by atoms with Crippen LogP contribution in [0.4, 0.5) is 0 Å². The van der Waals surface area contributed by atoms with Gasteiger partial charge >= 0.3 is 13.1 Å². The molecular formula is C17H22BClN2O5. The molecule has 140 valence electrons. The number of aromatic nitrogens is 1. The third kappa shape index (κ3) is 4.44. The van der Waals surface area contributed by atoms with E-state index in [0.29, 0.717) is 11.0 Å². The van der Waals surface area contributed by atoms with Crippen molar-refractivity contribution in [1.82, 2.24) is 10.3 Å². The van der Waals surface area contributed by atoms with Gasteiger partial charge in [0.2, 0.25) is 5.91 Å². The lowest BCUT2D eigenvalue weighted by atomic mass is 9.76. The number of aromatic carboxylic acids is 1. The molecule has 1 fully saturated rings. The topological polar surface area (TPSA) is 97.8 Å². The zero-order chi connectivity index (χ0) is 19.7. The van der Waals surface area contributed by atoms with E-state index in [9.17, 15) is 14.7 Å². The molecule has 1 aliphatic heterocycles. The number of carboxylic acid groups (broad SMARTS) is 1. The summed E-state index contributed by atoms with van der Waals surface area (Å²) in [6, 6.07) is 3.05. The number of nitrogens with zero attached hydrogens (tertiary/aromatic N) is 1. The molecule has 2 heterocycles. The van der Waals surface area contributed by atoms with Crippen molar-refractivity contribution < 1.29 is 24.0 Å². The van der Waals surface area contributed by atoms with Crippen LogP contribution in [-0.4, -0.2) is 46.8 Å². The van der Waals surface area contributed by atoms with Crippen LogP contribution in [0.2, 0.25) is 5.15 Å². The molecule has 1 saturated heterocycles. The molecule has 0 radical (unpaired) electrons. The van der Waals surface area contributed by atoms with Crippen molar-refractivity contribution in [3.8, 4) is 0 Å². The highest BCUT2D eigenvalue weighted by Gasteiger charge is 2.52. The first-order valence-electron chi connectivity index (χ1n) is 8.13. The quantitative estimate of drug-likeness (QED) is 0.602. The number of carbonyl (C=O) groups excluding carboxylic acids is 1. The lowest BCUT2D eigenvalue weighted by molar-refractivity contribution is -0.118. The van der Waals surface area contributed by atoms with Gasteiger partial charge in [0.05, 0.1) is 11.2 Å². The number of hydrogen-bond donors (Lipinski definition) is 2. The van der Waals surface area contributed by atoms with Gasteiger partial charge in [0, 0.05) is 19.0 Å². The number of hydrogen-bond acceptors (Lipinski definition) is 5. The van der Waals surface area contributed by atoms with E-state index in [1.54, 1.807) is 12.1 Å². The largest absolute Gasteiger partial charge is 0.492 e. The maximum Gasteiger partial charge on any atom is 0.492 e. The van der Waals surface area contributed by atoms with Crippen molar-refractivity contribution in [2.75, 3.05) is 6.54 Å². The first-order valence-corrected chi connectivity index (χ1v) is 8.51. The van der Waals surface area contributed by atoms with Gasteiger partial charge in [0.1, 0.15) is 5.15 Å². The summed E-state index contributed by atoms with van der Waals surface area (Å²) in [6.45, 7) is 9.19. The zero-order valence-corrected chi connectivity index (χ0v) is 16.2. The normalized spacial score (nSPS) is 18.7. The Hall–Kier alpha value is -1.90. The fraction of sp³-hybridized carbons (Fsp3) is 0.471. The van der Waals surface area contributed by atoms with Crippen LogP contribution in [0.3, 0.4) is 0 Å². The molecule has 0 spiro atoms. The summed E-state index contributed by atoms with van der Waals surface area (Å²) in [5, 5.41) is 12.1. The van der Waals surface area contributed by atoms with E-state index >= 15 is 0 Å². The summed E-state index contributed by atoms with van der Waals surface area (Å²) >= 11 is 5.80. The molecular weight excluding hydrogens is 358 g/mol. The molecule has 2 N–H and O–H groups in total. The average Bonchev–Trinajstić information content (AvgIpc) is 2.72. The second kappa shape index (κ2) is 7.38. The predicted molar refractivity (Wildman–Crippen MR) is 98.9 cm³/mol. The van der Waals surface area contributed by atoms with E-state index in [0.717, 1.165) is 0 Å². The number of carboxylic acids is 1. The second-order valence-corrected chi connectivity index (χ2v) is 7.48. The van der Waals surface area contributed by atoms with Crippen LogP contribution in [-0.2, 0) is 14.1 Å². The molecule has 0 unspecified atom stereocenters. The SMILES string of the molecule is CC(=O)NCC(=Cc1ccc(Cl)nc1C(=O)O)B1OC(C)(C)C(C)(C)O1. The van der Waals surface area contributed by atoms with Crippen LogP contribution < -0.4 is 5.32 Å². The summed E-state index contributed by atoms with van der Waals surface area (Å²) in [5.41, 5.74) is -0.404. The highest BCUT2D eigenvalue weighted by molar-refractivity contribution is 6.56. The maximum atomic E-state index is 11.5. The molecule has 1 amide bonds. The van der Waals surface area contributed by atoms with E-state index in [-0.39, 0.29) is 23.3 Å². The predicted octanol–water partition coefficient (Wildman–Crippen LogP) is 2.58. The van der Waals surface area contributed by atoms with E-state index in [4.69, 9.17) is 20.9 Å². The summed E-state index contributed by atoms with van der Waals surface area (Å²) in [6.07, 6.45) is 1.60. The van der Waals surface area contributed by atoms with Gasteiger partial charge in [-0.1, -0.05) is 17.7 Å². The van der Waals surface area contributed by atoms with Gasteiger partial charge in [-0.2, -0.15) is 0 Å². The molecule has 2 rings (SSSR count). The average molecular weight is 381 g/mol. The Kier molecular flexibility index (Phi) is 5.80. The number of amides is 1. The van der Waals surface area contributed by atoms with Crippen molar-refractivity contribution in [1.29, 1.82) is 0 Å². The molecule has 0 aliphatic carbocycles. The number of pyridine rings is 1. The van der Waals surface area contributed by atoms with Gasteiger partial charge in [0.25, 0.3) is 0 Å². The lowest BCUT2D eigenvalue weighted by Gasteiger charge is -2.32. The Labute approximate surface area is 157 Å². The molecule has 0 atom stereocenters. The Morgan fingerprint density at radius 3 is 2.35 bits per heavy atom. The zero-order valence-electron chi connectivity index (χ0n) is 15.4. The van der Waals surface area contributed by atoms with E-state index in [1.807, 2.05) is 27.7 Å². The highest BCUT2D eigenvalue weighted by atomic mass is 35.5. The van der Waals surface area contributed by atoms with Gasteiger partial charge in [-0.25, -0.2) is 9.78 Å². The minimum atomic E-state index is -1.20. The molecule has 0 saturated carbocycles. The smallest absolute Gasteiger partial charge is 0.476 e. The molecule has 0 aromatic carbocycles. The molecule has 26 heavy (non-hydrogen) atoms. The van der Waals surface area contributed by atoms with Gasteiger partial charge in [-0.3, -0.25) is 4.79 Å². The lowest BCUT2D eigenvalue weighted by Crippen LogP contribution is -2.41. The van der Waals surface area contributed by atoms with E-state index in [1.165, 1.54) is 13.0 Å². The van der Waals surface area contributed by atoms with Crippen molar-refractivity contribution in [3.05, 3.63) is 34.0 Å². The molecule has 0 bridgehead atoms. The van der Waals surface area contributed by atoms with Crippen molar-refractivity contribution >= 4 is 36.7 Å². The fourth-order valence-corrected chi connectivity index (χ4v) is 2.50. The minimum absolute atomic E-state index is 0.0820. The first kappa shape index (κ1) is 20.4. The standard InChI is InChI=1S/C17H22BClN2O5/c1-10(22)20-9-12(18-25-16(2,3)17(4,5)26-18)8-11-6-7-13(19)21-14(11)15(23)24/h6-8H,9H2,1-5H3,(H,20,22)(H,23,24). The van der Waals surface area contributed by atoms with Crippen molar-refractivity contribution in [2.24, 2.45) is 0 Å². The molecule has 1 aliphatic rings. The Morgan fingerprint density at radius 2 is 1.85 bits per heavy atom. The van der Waals surface area contributed by atoms with Crippen LogP contribution in [0.1, 0.15) is 50.7 Å². The van der Waals surface area contributed by atoms with Crippen LogP contribution in [0.25, 0.3) is 6.08 Å². The van der Waals surface area contributed by atoms with Gasteiger partial charge < -0.3 is 19.7 Å². The summed E-state index contributed by atoms with van der Waals surface area (Å²) in [7, 11) is -0.732. The van der Waals surface area contributed by atoms with Crippen LogP contribution >= 0.6 is 11.6 Å². The third-order valence-corrected chi connectivity index (χ3v) is 4.74. The van der Waals surface area contributed by atoms with Gasteiger partial charge in [0.15, 0.2) is 5.69 Å². The third-order valence-electron chi connectivity index (χ3n) is 4.53. The maximum absolute atomic E-state index is 11.5. The Bertz CT molecular complexity index is 748. The number of halogens is 1. The Morgan fingerprint density at radius 1 is 1.27 bits per heavy atom. The number of rotatable bonds is 5. The highest BCUT2D eigenvalue weighted by Crippen LogP contribution is 2.38. The van der Waals surface area contributed by atoms with Crippen molar-refractivity contribution in [3.63, 3.8) is 0 Å². The van der Waals surface area contributed by atoms with Gasteiger partial charge in [-0.05, 0) is 45.3 Å². The van der Waals surface area contributed by atoms with E-state index in [2.05, 4.69) is 10.3 Å². The van der Waals surface area contributed by atoms with Crippen LogP contribution in [0.5, 0.6) is 0 Å². The fourth-order valence-electron chi connectivity index (χ4n) is 2.36. The van der Waals surface area contributed by atoms with Crippen molar-refractivity contribution in [2.45, 2.75) is 45.8 Å². The number of nitrogens with one attached hydrogen (secondary N) is 1. The Balaban J connectivity index is 2.45. The van der Waals surface area contributed by atoms with Gasteiger partial charge in [-0.15, -0.1) is 0 Å². The van der Waals surface area contributed by atoms with Crippen LogP contribution in [0, 0.1) is 0 Å². The molecule has 9 heteroatoms. The van der Waals surface area contributed by atoms with Crippen LogP contribution in [0.15, 0.2) is 17.6 Å². The second-order valence-electron chi connectivity index (χ2n) is 7.09. The first-order chi connectivity index (χ1) is 11.9. The molecule has 7 nitrogen and oxygen atoms in total. The summed E-state index contributed by atoms with van der Waals surface area (Å²) in [4.78, 5) is 26.7. The monoisotopic (exact) mass is 380 g/mol. The molecule has 1 aromatic rings. The minimum Gasteiger partial charge on any atom is -0.476 e. The molecule has 1 aromatic heterocycles. The van der Waals surface area contributed by atoms with E-state index < -0.39 is 24.3 Å².